The molecule has 0 aliphatic carbocycles. The number of hydrogen-bond donors (Lipinski definition) is 0. The van der Waals surface area contributed by atoms with E-state index in [1.54, 1.807) is 4.90 Å². The van der Waals surface area contributed by atoms with Gasteiger partial charge < -0.3 is 0 Å². The Hall–Kier alpha value is -1.64. The van der Waals surface area contributed by atoms with Crippen molar-refractivity contribution in [2.45, 2.75) is 96.4 Å². The van der Waals surface area contributed by atoms with Gasteiger partial charge in [-0.05, 0) is 18.4 Å². The summed E-state index contributed by atoms with van der Waals surface area (Å²) in [5.41, 5.74) is 1.21. The van der Waals surface area contributed by atoms with Crippen molar-refractivity contribution in [2.75, 3.05) is 0 Å². The Morgan fingerprint density at radius 3 is 1.92 bits per heavy atom. The Labute approximate surface area is 159 Å². The van der Waals surface area contributed by atoms with Crippen LogP contribution in [0.2, 0.25) is 0 Å². The number of rotatable bonds is 13. The molecule has 144 valence electrons. The molecule has 3 heteroatoms. The second-order valence-corrected chi connectivity index (χ2v) is 7.62. The van der Waals surface area contributed by atoms with Crippen molar-refractivity contribution < 1.29 is 9.59 Å². The summed E-state index contributed by atoms with van der Waals surface area (Å²) in [7, 11) is 0. The third kappa shape index (κ3) is 6.93. The van der Waals surface area contributed by atoms with Crippen LogP contribution >= 0.6 is 0 Å². The first-order valence-corrected chi connectivity index (χ1v) is 10.6. The SMILES string of the molecule is CCCCCCCCCCCC(Cc1ccccc1)N1C(=O)CCC1=O. The van der Waals surface area contributed by atoms with E-state index in [9.17, 15) is 9.59 Å². The maximum Gasteiger partial charge on any atom is 0.229 e. The Kier molecular flexibility index (Phi) is 9.44. The van der Waals surface area contributed by atoms with Crippen LogP contribution in [0.25, 0.3) is 0 Å². The number of amides is 2. The molecule has 1 atom stereocenters. The molecule has 1 unspecified atom stereocenters. The molecule has 0 aromatic heterocycles. The van der Waals surface area contributed by atoms with Crippen molar-refractivity contribution in [3.8, 4) is 0 Å². The van der Waals surface area contributed by atoms with Gasteiger partial charge in [-0.25, -0.2) is 0 Å². The number of imide groups is 1. The van der Waals surface area contributed by atoms with Gasteiger partial charge in [0.15, 0.2) is 0 Å². The molecule has 1 fully saturated rings. The zero-order chi connectivity index (χ0) is 18.6. The molecule has 2 amide bonds. The average molecular weight is 358 g/mol. The molecule has 2 rings (SSSR count). The van der Waals surface area contributed by atoms with E-state index in [-0.39, 0.29) is 17.9 Å². The Morgan fingerprint density at radius 2 is 1.35 bits per heavy atom. The molecule has 0 saturated carbocycles. The number of hydrogen-bond acceptors (Lipinski definition) is 2. The first kappa shape index (κ1) is 20.7. The lowest BCUT2D eigenvalue weighted by Crippen LogP contribution is -2.40. The maximum atomic E-state index is 12.2. The van der Waals surface area contributed by atoms with Crippen LogP contribution in [0.4, 0.5) is 0 Å². The highest BCUT2D eigenvalue weighted by atomic mass is 16.2. The predicted molar refractivity (Wildman–Crippen MR) is 107 cm³/mol. The minimum atomic E-state index is 0.0202. The number of carbonyl (C=O) groups is 2. The molecular formula is C23H35NO2. The van der Waals surface area contributed by atoms with Crippen LogP contribution in [-0.2, 0) is 16.0 Å². The minimum Gasteiger partial charge on any atom is -0.279 e. The number of likely N-dealkylation sites (tertiary alicyclic amines) is 1. The third-order valence-corrected chi connectivity index (χ3v) is 5.41. The largest absolute Gasteiger partial charge is 0.279 e. The molecule has 26 heavy (non-hydrogen) atoms. The summed E-state index contributed by atoms with van der Waals surface area (Å²) in [6.45, 7) is 2.25. The zero-order valence-corrected chi connectivity index (χ0v) is 16.4. The van der Waals surface area contributed by atoms with Crippen molar-refractivity contribution in [1.82, 2.24) is 4.90 Å². The Balaban J connectivity index is 1.76. The van der Waals surface area contributed by atoms with Crippen LogP contribution in [0.5, 0.6) is 0 Å². The van der Waals surface area contributed by atoms with Crippen LogP contribution < -0.4 is 0 Å². The topological polar surface area (TPSA) is 37.4 Å². The van der Waals surface area contributed by atoms with Crippen molar-refractivity contribution >= 4 is 11.8 Å². The van der Waals surface area contributed by atoms with Crippen LogP contribution in [-0.4, -0.2) is 22.8 Å². The molecule has 1 aromatic carbocycles. The van der Waals surface area contributed by atoms with E-state index in [2.05, 4.69) is 19.1 Å². The van der Waals surface area contributed by atoms with E-state index in [4.69, 9.17) is 0 Å². The van der Waals surface area contributed by atoms with Gasteiger partial charge in [-0.3, -0.25) is 14.5 Å². The van der Waals surface area contributed by atoms with Gasteiger partial charge in [0.25, 0.3) is 0 Å². The fourth-order valence-corrected chi connectivity index (χ4v) is 3.90. The van der Waals surface area contributed by atoms with Crippen molar-refractivity contribution in [2.24, 2.45) is 0 Å². The number of unbranched alkanes of at least 4 members (excludes halogenated alkanes) is 8. The van der Waals surface area contributed by atoms with Gasteiger partial charge in [0, 0.05) is 18.9 Å². The minimum absolute atomic E-state index is 0.0202. The summed E-state index contributed by atoms with van der Waals surface area (Å²) in [6, 6.07) is 10.3. The highest BCUT2D eigenvalue weighted by molar-refractivity contribution is 6.02. The summed E-state index contributed by atoms with van der Waals surface area (Å²) in [6.07, 6.45) is 14.1. The summed E-state index contributed by atoms with van der Waals surface area (Å²) in [4.78, 5) is 25.9. The van der Waals surface area contributed by atoms with E-state index in [0.717, 1.165) is 19.3 Å². The van der Waals surface area contributed by atoms with Gasteiger partial charge in [-0.1, -0.05) is 95.0 Å². The molecule has 1 aliphatic heterocycles. The van der Waals surface area contributed by atoms with E-state index in [1.807, 2.05) is 18.2 Å². The molecule has 1 aromatic rings. The van der Waals surface area contributed by atoms with Gasteiger partial charge in [0.2, 0.25) is 11.8 Å². The van der Waals surface area contributed by atoms with Gasteiger partial charge in [-0.2, -0.15) is 0 Å². The van der Waals surface area contributed by atoms with Crippen LogP contribution in [0.1, 0.15) is 89.5 Å². The highest BCUT2D eigenvalue weighted by Crippen LogP contribution is 2.23. The molecular weight excluding hydrogens is 322 g/mol. The monoisotopic (exact) mass is 357 g/mol. The van der Waals surface area contributed by atoms with Crippen LogP contribution in [0.15, 0.2) is 30.3 Å². The lowest BCUT2D eigenvalue weighted by atomic mass is 9.98. The second-order valence-electron chi connectivity index (χ2n) is 7.62. The molecule has 0 spiro atoms. The number of nitrogens with zero attached hydrogens (tertiary/aromatic N) is 1. The van der Waals surface area contributed by atoms with Crippen molar-refractivity contribution in [1.29, 1.82) is 0 Å². The van der Waals surface area contributed by atoms with E-state index in [0.29, 0.717) is 12.8 Å². The normalized spacial score (nSPS) is 15.7. The molecule has 1 aliphatic rings. The molecule has 0 radical (unpaired) electrons. The van der Waals surface area contributed by atoms with E-state index < -0.39 is 0 Å². The van der Waals surface area contributed by atoms with Crippen molar-refractivity contribution in [3.05, 3.63) is 35.9 Å². The highest BCUT2D eigenvalue weighted by Gasteiger charge is 2.34. The summed E-state index contributed by atoms with van der Waals surface area (Å²) < 4.78 is 0. The number of carbonyl (C=O) groups excluding carboxylic acids is 2. The zero-order valence-electron chi connectivity index (χ0n) is 16.4. The Bertz CT molecular complexity index is 524. The van der Waals surface area contributed by atoms with Crippen LogP contribution in [0, 0.1) is 0 Å². The van der Waals surface area contributed by atoms with Crippen molar-refractivity contribution in [3.63, 3.8) is 0 Å². The fraction of sp³-hybridized carbons (Fsp3) is 0.652. The van der Waals surface area contributed by atoms with Crippen LogP contribution in [0.3, 0.4) is 0 Å². The molecule has 1 heterocycles. The molecule has 1 saturated heterocycles. The quantitative estimate of drug-likeness (QED) is 0.337. The lowest BCUT2D eigenvalue weighted by molar-refractivity contribution is -0.141. The lowest BCUT2D eigenvalue weighted by Gasteiger charge is -2.26. The molecule has 0 N–H and O–H groups in total. The number of benzene rings is 1. The first-order chi connectivity index (χ1) is 12.7. The maximum absolute atomic E-state index is 12.2. The molecule has 0 bridgehead atoms. The van der Waals surface area contributed by atoms with E-state index >= 15 is 0 Å². The van der Waals surface area contributed by atoms with Gasteiger partial charge in [-0.15, -0.1) is 0 Å². The summed E-state index contributed by atoms with van der Waals surface area (Å²) >= 11 is 0. The standard InChI is InChI=1S/C23H35NO2/c1-2-3-4-5-6-7-8-9-13-16-21(19-20-14-11-10-12-15-20)24-22(25)17-18-23(24)26/h10-12,14-15,21H,2-9,13,16-19H2,1H3. The van der Waals surface area contributed by atoms with E-state index in [1.165, 1.54) is 56.9 Å². The molecule has 3 nitrogen and oxygen atoms in total. The average Bonchev–Trinajstić information content (AvgIpc) is 2.98. The van der Waals surface area contributed by atoms with Gasteiger partial charge >= 0.3 is 0 Å². The fourth-order valence-electron chi connectivity index (χ4n) is 3.90. The first-order valence-electron chi connectivity index (χ1n) is 10.6. The Morgan fingerprint density at radius 1 is 0.808 bits per heavy atom. The second kappa shape index (κ2) is 11.9. The van der Waals surface area contributed by atoms with Gasteiger partial charge in [0.05, 0.1) is 0 Å². The smallest absolute Gasteiger partial charge is 0.229 e. The van der Waals surface area contributed by atoms with Gasteiger partial charge in [0.1, 0.15) is 0 Å². The summed E-state index contributed by atoms with van der Waals surface area (Å²) in [5.74, 6) is 0.0405. The predicted octanol–water partition coefficient (Wildman–Crippen LogP) is 5.67. The summed E-state index contributed by atoms with van der Waals surface area (Å²) in [5, 5.41) is 0. The third-order valence-electron chi connectivity index (χ3n) is 5.41.